The Balaban J connectivity index is 1.74. The van der Waals surface area contributed by atoms with Crippen molar-refractivity contribution in [2.45, 2.75) is 13.1 Å². The molecule has 3 rings (SSSR count). The summed E-state index contributed by atoms with van der Waals surface area (Å²) in [7, 11) is 0. The summed E-state index contributed by atoms with van der Waals surface area (Å²) in [6.07, 6.45) is 0. The number of hydrogen-bond donors (Lipinski definition) is 2. The van der Waals surface area contributed by atoms with Crippen LogP contribution in [0.25, 0.3) is 10.9 Å². The Morgan fingerprint density at radius 3 is 2.84 bits per heavy atom. The summed E-state index contributed by atoms with van der Waals surface area (Å²) in [5.74, 6) is 0. The predicted molar refractivity (Wildman–Crippen MR) is 78.8 cm³/mol. The van der Waals surface area contributed by atoms with E-state index in [2.05, 4.69) is 15.3 Å². The highest BCUT2D eigenvalue weighted by molar-refractivity contribution is 7.07. The first-order chi connectivity index (χ1) is 9.33. The van der Waals surface area contributed by atoms with Gasteiger partial charge in [-0.3, -0.25) is 4.98 Å². The lowest BCUT2D eigenvalue weighted by Crippen LogP contribution is -2.14. The number of nitrogen functional groups attached to an aromatic ring is 1. The van der Waals surface area contributed by atoms with E-state index in [0.717, 1.165) is 34.5 Å². The maximum atomic E-state index is 6.04. The van der Waals surface area contributed by atoms with Crippen LogP contribution in [0, 0.1) is 0 Å². The highest BCUT2D eigenvalue weighted by atomic mass is 32.1. The Labute approximate surface area is 115 Å². The highest BCUT2D eigenvalue weighted by Gasteiger charge is 2.03. The first-order valence-electron chi connectivity index (χ1n) is 6.05. The molecule has 3 N–H and O–H groups in total. The average molecular weight is 270 g/mol. The monoisotopic (exact) mass is 270 g/mol. The molecule has 1 aromatic carbocycles. The minimum absolute atomic E-state index is 0.687. The Hall–Kier alpha value is -1.98. The molecule has 5 heteroatoms. The van der Waals surface area contributed by atoms with Crippen LogP contribution in [0.4, 0.5) is 5.69 Å². The van der Waals surface area contributed by atoms with Crippen LogP contribution < -0.4 is 11.1 Å². The number of benzene rings is 1. The third-order valence-electron chi connectivity index (χ3n) is 2.90. The molecule has 0 fully saturated rings. The topological polar surface area (TPSA) is 63.8 Å². The van der Waals surface area contributed by atoms with E-state index < -0.39 is 0 Å². The average Bonchev–Trinajstić information content (AvgIpc) is 2.92. The molecule has 0 radical (unpaired) electrons. The summed E-state index contributed by atoms with van der Waals surface area (Å²) in [6.45, 7) is 1.43. The second-order valence-electron chi connectivity index (χ2n) is 4.30. The van der Waals surface area contributed by atoms with Gasteiger partial charge in [-0.2, -0.15) is 0 Å². The van der Waals surface area contributed by atoms with Crippen LogP contribution in [0.15, 0.2) is 41.2 Å². The van der Waals surface area contributed by atoms with Gasteiger partial charge in [0, 0.05) is 29.5 Å². The smallest absolute Gasteiger partial charge is 0.0795 e. The standard InChI is InChI=1S/C14H14N4S/c15-13-5-10(6-16-7-11-8-19-9-17-11)18-14-4-2-1-3-12(13)14/h1-5,8-9,16H,6-7H2,(H2,15,18). The van der Waals surface area contributed by atoms with E-state index in [1.165, 1.54) is 0 Å². The highest BCUT2D eigenvalue weighted by Crippen LogP contribution is 2.19. The van der Waals surface area contributed by atoms with Crippen LogP contribution in [0.3, 0.4) is 0 Å². The Bertz CT molecular complexity index is 679. The first-order valence-corrected chi connectivity index (χ1v) is 6.99. The molecular formula is C14H14N4S. The molecule has 4 nitrogen and oxygen atoms in total. The molecule has 0 aliphatic carbocycles. The van der Waals surface area contributed by atoms with Gasteiger partial charge in [-0.15, -0.1) is 11.3 Å². The Morgan fingerprint density at radius 2 is 2.00 bits per heavy atom. The second-order valence-corrected chi connectivity index (χ2v) is 5.02. The number of nitrogens with two attached hydrogens (primary N) is 1. The van der Waals surface area contributed by atoms with E-state index in [4.69, 9.17) is 5.73 Å². The van der Waals surface area contributed by atoms with Gasteiger partial charge in [0.2, 0.25) is 0 Å². The number of rotatable bonds is 4. The number of anilines is 1. The van der Waals surface area contributed by atoms with Crippen LogP contribution in [0.1, 0.15) is 11.4 Å². The molecule has 0 atom stereocenters. The number of thiazole rings is 1. The van der Waals surface area contributed by atoms with Crippen molar-refractivity contribution in [2.24, 2.45) is 0 Å². The van der Waals surface area contributed by atoms with Gasteiger partial charge in [-0.1, -0.05) is 18.2 Å². The largest absolute Gasteiger partial charge is 0.398 e. The lowest BCUT2D eigenvalue weighted by Gasteiger charge is -2.07. The van der Waals surface area contributed by atoms with Crippen molar-refractivity contribution < 1.29 is 0 Å². The summed E-state index contributed by atoms with van der Waals surface area (Å²) in [4.78, 5) is 8.82. The van der Waals surface area contributed by atoms with Crippen molar-refractivity contribution in [3.05, 3.63) is 52.6 Å². The van der Waals surface area contributed by atoms with Gasteiger partial charge in [-0.05, 0) is 12.1 Å². The molecule has 2 heterocycles. The van der Waals surface area contributed by atoms with E-state index in [0.29, 0.717) is 6.54 Å². The van der Waals surface area contributed by atoms with Gasteiger partial charge in [-0.25, -0.2) is 4.98 Å². The predicted octanol–water partition coefficient (Wildman–Crippen LogP) is 2.56. The number of nitrogens with zero attached hydrogens (tertiary/aromatic N) is 2. The quantitative estimate of drug-likeness (QED) is 0.765. The van der Waals surface area contributed by atoms with Gasteiger partial charge in [0.05, 0.1) is 22.4 Å². The van der Waals surface area contributed by atoms with Crippen LogP contribution in [-0.4, -0.2) is 9.97 Å². The van der Waals surface area contributed by atoms with E-state index in [-0.39, 0.29) is 0 Å². The molecule has 19 heavy (non-hydrogen) atoms. The summed E-state index contributed by atoms with van der Waals surface area (Å²) >= 11 is 1.60. The van der Waals surface area contributed by atoms with Crippen molar-refractivity contribution in [3.63, 3.8) is 0 Å². The van der Waals surface area contributed by atoms with Crippen molar-refractivity contribution >= 4 is 27.9 Å². The van der Waals surface area contributed by atoms with Crippen LogP contribution in [0.2, 0.25) is 0 Å². The van der Waals surface area contributed by atoms with Crippen molar-refractivity contribution in [3.8, 4) is 0 Å². The Kier molecular flexibility index (Phi) is 3.39. The zero-order valence-corrected chi connectivity index (χ0v) is 11.2. The molecule has 96 valence electrons. The fourth-order valence-corrected chi connectivity index (χ4v) is 2.55. The van der Waals surface area contributed by atoms with Crippen molar-refractivity contribution in [1.82, 2.24) is 15.3 Å². The zero-order valence-electron chi connectivity index (χ0n) is 10.3. The molecular weight excluding hydrogens is 256 g/mol. The maximum absolute atomic E-state index is 6.04. The van der Waals surface area contributed by atoms with E-state index in [1.54, 1.807) is 11.3 Å². The van der Waals surface area contributed by atoms with Gasteiger partial charge < -0.3 is 11.1 Å². The summed E-state index contributed by atoms with van der Waals surface area (Å²) < 4.78 is 0. The minimum atomic E-state index is 0.687. The maximum Gasteiger partial charge on any atom is 0.0795 e. The summed E-state index contributed by atoms with van der Waals surface area (Å²) in [5.41, 5.74) is 11.6. The molecule has 0 unspecified atom stereocenters. The minimum Gasteiger partial charge on any atom is -0.398 e. The molecule has 0 bridgehead atoms. The number of aromatic nitrogens is 2. The number of fused-ring (bicyclic) bond motifs is 1. The first kappa shape index (κ1) is 12.1. The number of pyridine rings is 1. The SMILES string of the molecule is Nc1cc(CNCc2cscn2)nc2ccccc12. The zero-order chi connectivity index (χ0) is 13.1. The van der Waals surface area contributed by atoms with Crippen LogP contribution in [0.5, 0.6) is 0 Å². The fourth-order valence-electron chi connectivity index (χ4n) is 1.99. The van der Waals surface area contributed by atoms with E-state index in [9.17, 15) is 0 Å². The van der Waals surface area contributed by atoms with Gasteiger partial charge in [0.15, 0.2) is 0 Å². The molecule has 0 saturated heterocycles. The fraction of sp³-hybridized carbons (Fsp3) is 0.143. The Morgan fingerprint density at radius 1 is 1.16 bits per heavy atom. The third kappa shape index (κ3) is 2.72. The normalized spacial score (nSPS) is 10.9. The third-order valence-corrected chi connectivity index (χ3v) is 3.53. The lowest BCUT2D eigenvalue weighted by atomic mass is 10.1. The number of para-hydroxylation sites is 1. The molecule has 0 aliphatic rings. The molecule has 0 amide bonds. The van der Waals surface area contributed by atoms with Gasteiger partial charge in [0.25, 0.3) is 0 Å². The van der Waals surface area contributed by atoms with E-state index >= 15 is 0 Å². The summed E-state index contributed by atoms with van der Waals surface area (Å²) in [6, 6.07) is 9.85. The van der Waals surface area contributed by atoms with Crippen LogP contribution >= 0.6 is 11.3 Å². The second kappa shape index (κ2) is 5.34. The molecule has 2 aromatic heterocycles. The molecule has 0 saturated carbocycles. The van der Waals surface area contributed by atoms with Gasteiger partial charge >= 0.3 is 0 Å². The molecule has 0 spiro atoms. The van der Waals surface area contributed by atoms with Crippen molar-refractivity contribution in [1.29, 1.82) is 0 Å². The molecule has 3 aromatic rings. The van der Waals surface area contributed by atoms with Crippen LogP contribution in [-0.2, 0) is 13.1 Å². The summed E-state index contributed by atoms with van der Waals surface area (Å²) in [5, 5.41) is 6.36. The lowest BCUT2D eigenvalue weighted by molar-refractivity contribution is 0.672. The number of hydrogen-bond acceptors (Lipinski definition) is 5. The van der Waals surface area contributed by atoms with Crippen molar-refractivity contribution in [2.75, 3.05) is 5.73 Å². The van der Waals surface area contributed by atoms with Gasteiger partial charge in [0.1, 0.15) is 0 Å². The number of nitrogens with one attached hydrogen (secondary N) is 1. The molecule has 0 aliphatic heterocycles. The van der Waals surface area contributed by atoms with E-state index in [1.807, 2.05) is 41.2 Å².